The van der Waals surface area contributed by atoms with Gasteiger partial charge in [-0.1, -0.05) is 24.3 Å². The van der Waals surface area contributed by atoms with Crippen LogP contribution in [0.1, 0.15) is 12.0 Å². The van der Waals surface area contributed by atoms with Gasteiger partial charge in [-0.3, -0.25) is 5.41 Å². The molecule has 0 fully saturated rings. The van der Waals surface area contributed by atoms with E-state index >= 15 is 0 Å². The molecule has 0 atom stereocenters. The summed E-state index contributed by atoms with van der Waals surface area (Å²) in [5, 5.41) is 7.39. The van der Waals surface area contributed by atoms with Gasteiger partial charge in [-0.05, 0) is 45.8 Å². The molecule has 0 aliphatic carbocycles. The molecule has 0 unspecified atom stereocenters. The highest BCUT2D eigenvalue weighted by molar-refractivity contribution is 9.10. The fourth-order valence-electron chi connectivity index (χ4n) is 2.05. The van der Waals surface area contributed by atoms with Crippen LogP contribution in [-0.2, 0) is 6.54 Å². The van der Waals surface area contributed by atoms with Crippen LogP contribution in [0.4, 0.5) is 10.1 Å². The molecule has 3 N–H and O–H groups in total. The Balaban J connectivity index is 2.18. The summed E-state index contributed by atoms with van der Waals surface area (Å²) in [5.41, 5.74) is 7.51. The van der Waals surface area contributed by atoms with Crippen molar-refractivity contribution in [3.05, 3.63) is 64.4 Å². The average Bonchev–Trinajstić information content (AvgIpc) is 2.48. The zero-order chi connectivity index (χ0) is 15.2. The molecule has 2 rings (SSSR count). The van der Waals surface area contributed by atoms with Crippen LogP contribution in [0, 0.1) is 11.2 Å². The molecule has 0 heterocycles. The van der Waals surface area contributed by atoms with Crippen molar-refractivity contribution in [1.29, 1.82) is 5.41 Å². The third kappa shape index (κ3) is 4.56. The number of nitrogens with zero attached hydrogens (tertiary/aromatic N) is 1. The number of hydrogen-bond acceptors (Lipinski definition) is 2. The summed E-state index contributed by atoms with van der Waals surface area (Å²) in [6.45, 7) is 1.28. The number of anilines is 1. The van der Waals surface area contributed by atoms with Crippen molar-refractivity contribution in [3.8, 4) is 0 Å². The van der Waals surface area contributed by atoms with E-state index in [1.54, 1.807) is 12.1 Å². The minimum Gasteiger partial charge on any atom is -0.388 e. The predicted molar refractivity (Wildman–Crippen MR) is 88.1 cm³/mol. The largest absolute Gasteiger partial charge is 0.388 e. The number of hydrogen-bond donors (Lipinski definition) is 2. The summed E-state index contributed by atoms with van der Waals surface area (Å²) in [6.07, 6.45) is 0.497. The maximum absolute atomic E-state index is 13.3. The summed E-state index contributed by atoms with van der Waals surface area (Å²) < 4.78 is 13.8. The van der Waals surface area contributed by atoms with E-state index in [1.165, 1.54) is 6.07 Å². The molecule has 21 heavy (non-hydrogen) atoms. The van der Waals surface area contributed by atoms with E-state index in [2.05, 4.69) is 20.8 Å². The van der Waals surface area contributed by atoms with Gasteiger partial charge in [-0.15, -0.1) is 0 Å². The second-order valence-corrected chi connectivity index (χ2v) is 5.64. The van der Waals surface area contributed by atoms with Crippen molar-refractivity contribution in [2.24, 2.45) is 5.73 Å². The second-order valence-electron chi connectivity index (χ2n) is 4.78. The van der Waals surface area contributed by atoms with E-state index < -0.39 is 0 Å². The molecule has 0 spiro atoms. The van der Waals surface area contributed by atoms with Crippen LogP contribution in [0.3, 0.4) is 0 Å². The summed E-state index contributed by atoms with van der Waals surface area (Å²) in [7, 11) is 0. The molecule has 0 amide bonds. The molecule has 0 bridgehead atoms. The Hall–Kier alpha value is -1.88. The molecule has 0 aliphatic rings. The molecule has 0 aromatic heterocycles. The number of nitrogens with two attached hydrogens (primary N) is 1. The fraction of sp³-hybridized carbons (Fsp3) is 0.188. The molecule has 0 aliphatic heterocycles. The van der Waals surface area contributed by atoms with Crippen LogP contribution in [0.25, 0.3) is 0 Å². The first-order valence-corrected chi connectivity index (χ1v) is 7.42. The SMILES string of the molecule is N=C(N)CCN(Cc1ccc(F)c(Br)c1)c1ccccc1. The lowest BCUT2D eigenvalue weighted by atomic mass is 10.2. The highest BCUT2D eigenvalue weighted by atomic mass is 79.9. The highest BCUT2D eigenvalue weighted by Crippen LogP contribution is 2.21. The van der Waals surface area contributed by atoms with Crippen molar-refractivity contribution in [3.63, 3.8) is 0 Å². The molecular formula is C16H17BrFN3. The smallest absolute Gasteiger partial charge is 0.137 e. The van der Waals surface area contributed by atoms with Gasteiger partial charge in [0.25, 0.3) is 0 Å². The molecular weight excluding hydrogens is 333 g/mol. The van der Waals surface area contributed by atoms with Crippen molar-refractivity contribution < 1.29 is 4.39 Å². The Morgan fingerprint density at radius 2 is 1.90 bits per heavy atom. The second kappa shape index (κ2) is 7.22. The topological polar surface area (TPSA) is 53.1 Å². The Morgan fingerprint density at radius 1 is 1.19 bits per heavy atom. The molecule has 2 aromatic carbocycles. The Kier molecular flexibility index (Phi) is 5.33. The maximum atomic E-state index is 13.3. The van der Waals surface area contributed by atoms with E-state index in [0.29, 0.717) is 24.0 Å². The number of para-hydroxylation sites is 1. The molecule has 2 aromatic rings. The van der Waals surface area contributed by atoms with Gasteiger partial charge in [-0.2, -0.15) is 0 Å². The van der Waals surface area contributed by atoms with Crippen LogP contribution < -0.4 is 10.6 Å². The molecule has 110 valence electrons. The number of nitrogens with one attached hydrogen (secondary N) is 1. The monoisotopic (exact) mass is 349 g/mol. The third-order valence-corrected chi connectivity index (χ3v) is 3.74. The molecule has 0 saturated heterocycles. The first-order valence-electron chi connectivity index (χ1n) is 6.63. The highest BCUT2D eigenvalue weighted by Gasteiger charge is 2.09. The minimum atomic E-state index is -0.270. The normalized spacial score (nSPS) is 10.4. The Morgan fingerprint density at radius 3 is 2.52 bits per heavy atom. The molecule has 3 nitrogen and oxygen atoms in total. The van der Waals surface area contributed by atoms with Crippen LogP contribution in [0.5, 0.6) is 0 Å². The molecule has 5 heteroatoms. The van der Waals surface area contributed by atoms with E-state index in [0.717, 1.165) is 11.3 Å². The first kappa shape index (κ1) is 15.5. The van der Waals surface area contributed by atoms with Gasteiger partial charge in [0.1, 0.15) is 5.82 Å². The number of rotatable bonds is 6. The van der Waals surface area contributed by atoms with E-state index in [-0.39, 0.29) is 11.7 Å². The number of benzene rings is 2. The maximum Gasteiger partial charge on any atom is 0.137 e. The summed E-state index contributed by atoms with van der Waals surface area (Å²) in [4.78, 5) is 2.13. The van der Waals surface area contributed by atoms with Gasteiger partial charge in [0.15, 0.2) is 0 Å². The van der Waals surface area contributed by atoms with E-state index in [4.69, 9.17) is 11.1 Å². The number of halogens is 2. The average molecular weight is 350 g/mol. The fourth-order valence-corrected chi connectivity index (χ4v) is 2.48. The van der Waals surface area contributed by atoms with Crippen molar-refractivity contribution in [2.45, 2.75) is 13.0 Å². The van der Waals surface area contributed by atoms with Gasteiger partial charge in [0.05, 0.1) is 10.3 Å². The van der Waals surface area contributed by atoms with E-state index in [9.17, 15) is 4.39 Å². The van der Waals surface area contributed by atoms with Crippen LogP contribution >= 0.6 is 15.9 Å². The van der Waals surface area contributed by atoms with Crippen molar-refractivity contribution in [1.82, 2.24) is 0 Å². The summed E-state index contributed by atoms with van der Waals surface area (Å²) >= 11 is 3.21. The van der Waals surface area contributed by atoms with Gasteiger partial charge in [-0.25, -0.2) is 4.39 Å². The van der Waals surface area contributed by atoms with Crippen molar-refractivity contribution >= 4 is 27.5 Å². The quantitative estimate of drug-likeness (QED) is 0.613. The standard InChI is InChI=1S/C16H17BrFN3/c17-14-10-12(6-7-15(14)18)11-21(9-8-16(19)20)13-4-2-1-3-5-13/h1-7,10H,8-9,11H2,(H3,19,20). The molecule has 0 radical (unpaired) electrons. The summed E-state index contributed by atoms with van der Waals surface area (Å²) in [5.74, 6) is -0.107. The lowest BCUT2D eigenvalue weighted by molar-refractivity contribution is 0.620. The van der Waals surface area contributed by atoms with Crippen LogP contribution in [0.2, 0.25) is 0 Å². The van der Waals surface area contributed by atoms with E-state index in [1.807, 2.05) is 30.3 Å². The number of amidine groups is 1. The zero-order valence-electron chi connectivity index (χ0n) is 11.5. The van der Waals surface area contributed by atoms with Gasteiger partial charge in [0.2, 0.25) is 0 Å². The van der Waals surface area contributed by atoms with Crippen LogP contribution in [0.15, 0.2) is 53.0 Å². The van der Waals surface area contributed by atoms with Gasteiger partial charge >= 0.3 is 0 Å². The predicted octanol–water partition coefficient (Wildman–Crippen LogP) is 3.92. The lowest BCUT2D eigenvalue weighted by Gasteiger charge is -2.25. The minimum absolute atomic E-state index is 0.163. The summed E-state index contributed by atoms with van der Waals surface area (Å²) in [6, 6.07) is 14.9. The first-order chi connectivity index (χ1) is 10.1. The zero-order valence-corrected chi connectivity index (χ0v) is 13.1. The van der Waals surface area contributed by atoms with Crippen LogP contribution in [-0.4, -0.2) is 12.4 Å². The van der Waals surface area contributed by atoms with Gasteiger partial charge < -0.3 is 10.6 Å². The Labute approximate surface area is 132 Å². The molecule has 0 saturated carbocycles. The lowest BCUT2D eigenvalue weighted by Crippen LogP contribution is -2.27. The van der Waals surface area contributed by atoms with Crippen molar-refractivity contribution in [2.75, 3.05) is 11.4 Å². The third-order valence-electron chi connectivity index (χ3n) is 3.13. The Bertz CT molecular complexity index is 616. The van der Waals surface area contributed by atoms with Gasteiger partial charge in [0, 0.05) is 25.2 Å².